The van der Waals surface area contributed by atoms with E-state index >= 15 is 0 Å². The maximum atomic E-state index is 13.4. The molecule has 10 nitrogen and oxygen atoms in total. The molecule has 2 N–H and O–H groups in total. The van der Waals surface area contributed by atoms with Gasteiger partial charge < -0.3 is 29.4 Å². The molecule has 0 saturated carbocycles. The lowest BCUT2D eigenvalue weighted by molar-refractivity contribution is -0.139. The molecule has 0 bridgehead atoms. The molecular weight excluding hydrogens is 550 g/mol. The SMILES string of the molecule is Cc1cc(CNC(C)C(=O)O)c(OCc2cccc(C#N)c2)cc1OCc1cccn(-c2ccc3c(c2)OCCO3)c1=O. The van der Waals surface area contributed by atoms with E-state index in [1.165, 1.54) is 4.57 Å². The molecule has 220 valence electrons. The summed E-state index contributed by atoms with van der Waals surface area (Å²) in [5, 5.41) is 21.5. The minimum atomic E-state index is -0.961. The summed E-state index contributed by atoms with van der Waals surface area (Å²) in [6.07, 6.45) is 1.69. The van der Waals surface area contributed by atoms with Crippen molar-refractivity contribution in [3.63, 3.8) is 0 Å². The van der Waals surface area contributed by atoms with Gasteiger partial charge in [0.15, 0.2) is 11.5 Å². The van der Waals surface area contributed by atoms with E-state index < -0.39 is 12.0 Å². The Balaban J connectivity index is 1.37. The van der Waals surface area contributed by atoms with Gasteiger partial charge in [0, 0.05) is 30.4 Å². The first-order valence-electron chi connectivity index (χ1n) is 13.8. The van der Waals surface area contributed by atoms with Crippen LogP contribution in [0.2, 0.25) is 0 Å². The van der Waals surface area contributed by atoms with Gasteiger partial charge in [0.25, 0.3) is 5.56 Å². The molecule has 0 spiro atoms. The molecule has 0 saturated heterocycles. The number of benzene rings is 3. The molecule has 0 radical (unpaired) electrons. The molecule has 43 heavy (non-hydrogen) atoms. The van der Waals surface area contributed by atoms with Gasteiger partial charge in [-0.1, -0.05) is 12.1 Å². The smallest absolute Gasteiger partial charge is 0.320 e. The Morgan fingerprint density at radius 2 is 1.79 bits per heavy atom. The van der Waals surface area contributed by atoms with Crippen molar-refractivity contribution in [2.24, 2.45) is 0 Å². The number of nitrogens with one attached hydrogen (secondary N) is 1. The third-order valence-corrected chi connectivity index (χ3v) is 6.99. The van der Waals surface area contributed by atoms with Crippen LogP contribution in [0.15, 0.2) is 77.7 Å². The number of aromatic nitrogens is 1. The topological polar surface area (TPSA) is 132 Å². The maximum Gasteiger partial charge on any atom is 0.320 e. The lowest BCUT2D eigenvalue weighted by Gasteiger charge is -2.19. The Morgan fingerprint density at radius 3 is 2.58 bits per heavy atom. The first-order valence-corrected chi connectivity index (χ1v) is 13.8. The summed E-state index contributed by atoms with van der Waals surface area (Å²) in [6, 6.07) is 21.0. The average Bonchev–Trinajstić information content (AvgIpc) is 3.02. The first kappa shape index (κ1) is 29.2. The molecule has 2 heterocycles. The zero-order chi connectivity index (χ0) is 30.3. The van der Waals surface area contributed by atoms with Crippen molar-refractivity contribution in [3.8, 4) is 34.8 Å². The van der Waals surface area contributed by atoms with E-state index in [1.807, 2.05) is 19.1 Å². The highest BCUT2D eigenvalue weighted by Gasteiger charge is 2.17. The molecule has 1 aliphatic heterocycles. The van der Waals surface area contributed by atoms with Gasteiger partial charge in [-0.15, -0.1) is 0 Å². The Bertz CT molecular complexity index is 1740. The lowest BCUT2D eigenvalue weighted by Crippen LogP contribution is -2.33. The van der Waals surface area contributed by atoms with Crippen molar-refractivity contribution in [2.75, 3.05) is 13.2 Å². The average molecular weight is 582 g/mol. The second-order valence-corrected chi connectivity index (χ2v) is 10.1. The van der Waals surface area contributed by atoms with E-state index in [0.29, 0.717) is 53.0 Å². The summed E-state index contributed by atoms with van der Waals surface area (Å²) in [7, 11) is 0. The molecule has 1 aromatic heterocycles. The molecule has 0 fully saturated rings. The largest absolute Gasteiger partial charge is 0.488 e. The number of nitriles is 1. The number of nitrogens with zero attached hydrogens (tertiary/aromatic N) is 2. The quantitative estimate of drug-likeness (QED) is 0.263. The highest BCUT2D eigenvalue weighted by molar-refractivity contribution is 5.72. The van der Waals surface area contributed by atoms with Gasteiger partial charge in [0.05, 0.1) is 22.9 Å². The van der Waals surface area contributed by atoms with Crippen LogP contribution in [0.5, 0.6) is 23.0 Å². The van der Waals surface area contributed by atoms with E-state index in [1.54, 1.807) is 67.7 Å². The number of carboxylic acids is 1. The molecule has 1 aliphatic rings. The van der Waals surface area contributed by atoms with E-state index in [2.05, 4.69) is 11.4 Å². The van der Waals surface area contributed by atoms with Crippen LogP contribution in [0.25, 0.3) is 5.69 Å². The number of ether oxygens (including phenoxy) is 4. The summed E-state index contributed by atoms with van der Waals surface area (Å²) in [6.45, 7) is 4.83. The number of aliphatic carboxylic acids is 1. The Labute approximate surface area is 248 Å². The van der Waals surface area contributed by atoms with Gasteiger partial charge in [-0.2, -0.15) is 5.26 Å². The standard InChI is InChI=1S/C33H31N3O7/c1-21-13-26(18-35-22(2)33(38)39)30(42-19-24-6-3-5-23(14-24)17-34)16-29(21)43-20-25-7-4-10-36(32(25)37)27-8-9-28-31(15-27)41-12-11-40-28/h3-10,13-16,22,35H,11-12,18-20H2,1-2H3,(H,38,39). The monoisotopic (exact) mass is 581 g/mol. The number of pyridine rings is 1. The Morgan fingerprint density at radius 1 is 1.00 bits per heavy atom. The highest BCUT2D eigenvalue weighted by atomic mass is 16.6. The fourth-order valence-corrected chi connectivity index (χ4v) is 4.59. The minimum absolute atomic E-state index is 0.0162. The van der Waals surface area contributed by atoms with Crippen LogP contribution < -0.4 is 29.8 Å². The molecule has 1 atom stereocenters. The number of hydrogen-bond acceptors (Lipinski definition) is 8. The molecule has 5 rings (SSSR count). The van der Waals surface area contributed by atoms with Gasteiger partial charge in [0.2, 0.25) is 0 Å². The van der Waals surface area contributed by atoms with Gasteiger partial charge >= 0.3 is 5.97 Å². The third-order valence-electron chi connectivity index (χ3n) is 6.99. The number of carbonyl (C=O) groups is 1. The summed E-state index contributed by atoms with van der Waals surface area (Å²) < 4.78 is 25.1. The number of fused-ring (bicyclic) bond motifs is 1. The summed E-state index contributed by atoms with van der Waals surface area (Å²) in [4.78, 5) is 24.7. The van der Waals surface area contributed by atoms with Gasteiger partial charge in [0.1, 0.15) is 44.0 Å². The minimum Gasteiger partial charge on any atom is -0.488 e. The van der Waals surface area contributed by atoms with Crippen LogP contribution in [0, 0.1) is 18.3 Å². The fourth-order valence-electron chi connectivity index (χ4n) is 4.59. The highest BCUT2D eigenvalue weighted by Crippen LogP contribution is 2.32. The zero-order valence-corrected chi connectivity index (χ0v) is 23.8. The van der Waals surface area contributed by atoms with Crippen molar-refractivity contribution < 1.29 is 28.8 Å². The Kier molecular flexibility index (Phi) is 8.93. The molecule has 4 aromatic rings. The zero-order valence-electron chi connectivity index (χ0n) is 23.8. The van der Waals surface area contributed by atoms with Crippen LogP contribution in [-0.4, -0.2) is 34.9 Å². The van der Waals surface area contributed by atoms with Crippen molar-refractivity contribution in [1.82, 2.24) is 9.88 Å². The maximum absolute atomic E-state index is 13.4. The molecule has 0 amide bonds. The van der Waals surface area contributed by atoms with Crippen molar-refractivity contribution in [3.05, 3.63) is 111 Å². The first-order chi connectivity index (χ1) is 20.8. The molecular formula is C33H31N3O7. The normalized spacial score (nSPS) is 12.7. The van der Waals surface area contributed by atoms with E-state index in [9.17, 15) is 20.0 Å². The van der Waals surface area contributed by atoms with Crippen LogP contribution in [0.3, 0.4) is 0 Å². The van der Waals surface area contributed by atoms with Gasteiger partial charge in [-0.3, -0.25) is 14.2 Å². The van der Waals surface area contributed by atoms with Gasteiger partial charge in [-0.05, 0) is 67.4 Å². The third kappa shape index (κ3) is 6.97. The molecule has 1 unspecified atom stereocenters. The number of carboxylic acid groups (broad SMARTS) is 1. The van der Waals surface area contributed by atoms with E-state index in [-0.39, 0.29) is 25.3 Å². The van der Waals surface area contributed by atoms with Crippen LogP contribution in [0.1, 0.15) is 34.7 Å². The summed E-state index contributed by atoms with van der Waals surface area (Å²) in [5.74, 6) is 1.29. The Hall–Kier alpha value is -5.27. The lowest BCUT2D eigenvalue weighted by atomic mass is 10.1. The van der Waals surface area contributed by atoms with E-state index in [4.69, 9.17) is 18.9 Å². The predicted octanol–water partition coefficient (Wildman–Crippen LogP) is 4.51. The van der Waals surface area contributed by atoms with Crippen molar-refractivity contribution >= 4 is 5.97 Å². The second-order valence-electron chi connectivity index (χ2n) is 10.1. The van der Waals surface area contributed by atoms with Gasteiger partial charge in [-0.25, -0.2) is 0 Å². The summed E-state index contributed by atoms with van der Waals surface area (Å²) in [5.41, 5.74) is 3.75. The van der Waals surface area contributed by atoms with Crippen molar-refractivity contribution in [2.45, 2.75) is 39.6 Å². The number of hydrogen-bond donors (Lipinski definition) is 2. The van der Waals surface area contributed by atoms with Crippen LogP contribution in [0.4, 0.5) is 0 Å². The fraction of sp³-hybridized carbons (Fsp3) is 0.242. The molecule has 0 aliphatic carbocycles. The van der Waals surface area contributed by atoms with Crippen LogP contribution in [-0.2, 0) is 24.6 Å². The van der Waals surface area contributed by atoms with Crippen LogP contribution >= 0.6 is 0 Å². The summed E-state index contributed by atoms with van der Waals surface area (Å²) >= 11 is 0. The second kappa shape index (κ2) is 13.1. The van der Waals surface area contributed by atoms with Crippen molar-refractivity contribution in [1.29, 1.82) is 5.26 Å². The number of rotatable bonds is 11. The molecule has 10 heteroatoms. The number of aryl methyl sites for hydroxylation is 1. The van der Waals surface area contributed by atoms with E-state index in [0.717, 1.165) is 16.7 Å². The molecule has 3 aromatic carbocycles. The predicted molar refractivity (Wildman–Crippen MR) is 158 cm³/mol.